The van der Waals surface area contributed by atoms with Crippen molar-refractivity contribution in [1.82, 2.24) is 5.32 Å². The number of rotatable bonds is 5. The lowest BCUT2D eigenvalue weighted by Crippen LogP contribution is -3.12. The Kier molecular flexibility index (Phi) is 6.51. The number of hydrogen-bond acceptors (Lipinski definition) is 1. The van der Waals surface area contributed by atoms with Gasteiger partial charge in [0.25, 0.3) is 0 Å². The third-order valence-corrected chi connectivity index (χ3v) is 5.48. The van der Waals surface area contributed by atoms with Gasteiger partial charge in [-0.2, -0.15) is 0 Å². The van der Waals surface area contributed by atoms with Crippen molar-refractivity contribution in [2.45, 2.75) is 31.8 Å². The van der Waals surface area contributed by atoms with Crippen LogP contribution in [0.15, 0.2) is 53.0 Å². The normalized spacial score (nSPS) is 20.2. The zero-order chi connectivity index (χ0) is 17.6. The van der Waals surface area contributed by atoms with Crippen molar-refractivity contribution >= 4 is 33.4 Å². The van der Waals surface area contributed by atoms with Crippen LogP contribution in [0.2, 0.25) is 5.02 Å². The van der Waals surface area contributed by atoms with E-state index in [1.54, 1.807) is 4.90 Å². The molecule has 0 bridgehead atoms. The van der Waals surface area contributed by atoms with Crippen molar-refractivity contribution in [3.05, 3.63) is 69.2 Å². The summed E-state index contributed by atoms with van der Waals surface area (Å²) in [5.74, 6) is 0.119. The molecule has 5 heteroatoms. The van der Waals surface area contributed by atoms with Gasteiger partial charge in [-0.05, 0) is 29.8 Å². The van der Waals surface area contributed by atoms with E-state index in [4.69, 9.17) is 11.6 Å². The highest BCUT2D eigenvalue weighted by Crippen LogP contribution is 2.11. The summed E-state index contributed by atoms with van der Waals surface area (Å²) in [5, 5.41) is 3.98. The molecule has 2 aromatic rings. The zero-order valence-electron chi connectivity index (χ0n) is 14.1. The molecule has 0 aliphatic carbocycles. The minimum absolute atomic E-state index is 0.119. The van der Waals surface area contributed by atoms with Gasteiger partial charge in [-0.25, -0.2) is 0 Å². The summed E-state index contributed by atoms with van der Waals surface area (Å²) >= 11 is 9.35. The number of amides is 1. The highest BCUT2D eigenvalue weighted by Gasteiger charge is 2.23. The minimum atomic E-state index is 0.119. The second-order valence-electron chi connectivity index (χ2n) is 6.70. The second kappa shape index (κ2) is 8.84. The Morgan fingerprint density at radius 2 is 1.64 bits per heavy atom. The van der Waals surface area contributed by atoms with Gasteiger partial charge in [0.1, 0.15) is 6.54 Å². The molecule has 3 rings (SSSR count). The Labute approximate surface area is 162 Å². The Bertz CT molecular complexity index is 695. The molecular formula is C20H23BrClN2O+. The first-order chi connectivity index (χ1) is 12.1. The molecular weight excluding hydrogens is 400 g/mol. The number of likely N-dealkylation sites (tertiary alicyclic amines) is 1. The largest absolute Gasteiger partial charge is 0.353 e. The lowest BCUT2D eigenvalue weighted by molar-refractivity contribution is -0.918. The predicted molar refractivity (Wildman–Crippen MR) is 105 cm³/mol. The molecule has 25 heavy (non-hydrogen) atoms. The van der Waals surface area contributed by atoms with Gasteiger partial charge in [0.05, 0.1) is 19.5 Å². The topological polar surface area (TPSA) is 33.5 Å². The molecule has 1 heterocycles. The van der Waals surface area contributed by atoms with E-state index in [-0.39, 0.29) is 5.91 Å². The second-order valence-corrected chi connectivity index (χ2v) is 8.05. The van der Waals surface area contributed by atoms with E-state index in [0.717, 1.165) is 47.5 Å². The first-order valence-electron chi connectivity index (χ1n) is 8.70. The number of nitrogens with one attached hydrogen (secondary N) is 2. The van der Waals surface area contributed by atoms with Gasteiger partial charge in [-0.15, -0.1) is 0 Å². The van der Waals surface area contributed by atoms with Crippen LogP contribution in [0.4, 0.5) is 0 Å². The van der Waals surface area contributed by atoms with Crippen molar-refractivity contribution in [3.63, 3.8) is 0 Å². The van der Waals surface area contributed by atoms with E-state index in [1.807, 2.05) is 36.4 Å². The molecule has 0 unspecified atom stereocenters. The summed E-state index contributed by atoms with van der Waals surface area (Å²) in [4.78, 5) is 13.8. The van der Waals surface area contributed by atoms with Crippen molar-refractivity contribution in [3.8, 4) is 0 Å². The average Bonchev–Trinajstić information content (AvgIpc) is 2.61. The van der Waals surface area contributed by atoms with Crippen LogP contribution in [0.5, 0.6) is 0 Å². The SMILES string of the molecule is O=C(Cc1ccc(Br)cc1)NC1CC[NH+](Cc2ccc(Cl)cc2)CC1. The first kappa shape index (κ1) is 18.4. The monoisotopic (exact) mass is 421 g/mol. The highest BCUT2D eigenvalue weighted by atomic mass is 79.9. The standard InChI is InChI=1S/C20H22BrClN2O/c21-17-5-1-15(2-6-17)13-20(25)23-19-9-11-24(12-10-19)14-16-3-7-18(22)8-4-16/h1-8,19H,9-14H2,(H,23,25)/p+1. The maximum Gasteiger partial charge on any atom is 0.224 e. The number of hydrogen-bond donors (Lipinski definition) is 2. The van der Waals surface area contributed by atoms with Crippen molar-refractivity contribution in [2.75, 3.05) is 13.1 Å². The minimum Gasteiger partial charge on any atom is -0.353 e. The molecule has 0 aromatic heterocycles. The lowest BCUT2D eigenvalue weighted by Gasteiger charge is -2.30. The molecule has 0 atom stereocenters. The molecule has 1 amide bonds. The molecule has 2 N–H and O–H groups in total. The molecule has 0 saturated carbocycles. The fourth-order valence-electron chi connectivity index (χ4n) is 3.30. The molecule has 3 nitrogen and oxygen atoms in total. The van der Waals surface area contributed by atoms with Crippen LogP contribution < -0.4 is 10.2 Å². The average molecular weight is 423 g/mol. The van der Waals surface area contributed by atoms with Crippen LogP contribution in [0.25, 0.3) is 0 Å². The number of halogens is 2. The van der Waals surface area contributed by atoms with Gasteiger partial charge < -0.3 is 10.2 Å². The highest BCUT2D eigenvalue weighted by molar-refractivity contribution is 9.10. The van der Waals surface area contributed by atoms with E-state index >= 15 is 0 Å². The molecule has 0 spiro atoms. The molecule has 1 fully saturated rings. The third-order valence-electron chi connectivity index (χ3n) is 4.70. The summed E-state index contributed by atoms with van der Waals surface area (Å²) in [6, 6.07) is 16.3. The van der Waals surface area contributed by atoms with Crippen molar-refractivity contribution < 1.29 is 9.69 Å². The molecule has 1 saturated heterocycles. The van der Waals surface area contributed by atoms with Crippen LogP contribution in [-0.2, 0) is 17.8 Å². The number of quaternary nitrogens is 1. The van der Waals surface area contributed by atoms with E-state index in [2.05, 4.69) is 33.4 Å². The summed E-state index contributed by atoms with van der Waals surface area (Å²) in [7, 11) is 0. The summed E-state index contributed by atoms with van der Waals surface area (Å²) in [5.41, 5.74) is 2.36. The quantitative estimate of drug-likeness (QED) is 0.763. The maximum absolute atomic E-state index is 12.2. The van der Waals surface area contributed by atoms with Crippen LogP contribution in [0.1, 0.15) is 24.0 Å². The molecule has 1 aliphatic rings. The first-order valence-corrected chi connectivity index (χ1v) is 9.87. The van der Waals surface area contributed by atoms with Gasteiger partial charge in [0.2, 0.25) is 5.91 Å². The fourth-order valence-corrected chi connectivity index (χ4v) is 3.69. The van der Waals surface area contributed by atoms with Crippen molar-refractivity contribution in [2.24, 2.45) is 0 Å². The lowest BCUT2D eigenvalue weighted by atomic mass is 10.0. The smallest absolute Gasteiger partial charge is 0.224 e. The number of piperidine rings is 1. The van der Waals surface area contributed by atoms with E-state index in [0.29, 0.717) is 12.5 Å². The summed E-state index contributed by atoms with van der Waals surface area (Å²) in [6.45, 7) is 3.20. The fraction of sp³-hybridized carbons (Fsp3) is 0.350. The van der Waals surface area contributed by atoms with Crippen LogP contribution in [0, 0.1) is 0 Å². The van der Waals surface area contributed by atoms with Gasteiger partial charge >= 0.3 is 0 Å². The van der Waals surface area contributed by atoms with Gasteiger partial charge in [-0.3, -0.25) is 4.79 Å². The van der Waals surface area contributed by atoms with Crippen molar-refractivity contribution in [1.29, 1.82) is 0 Å². The zero-order valence-corrected chi connectivity index (χ0v) is 16.4. The van der Waals surface area contributed by atoms with E-state index in [1.165, 1.54) is 5.56 Å². The number of benzene rings is 2. The summed E-state index contributed by atoms with van der Waals surface area (Å²) < 4.78 is 1.03. The Morgan fingerprint density at radius 3 is 2.28 bits per heavy atom. The molecule has 132 valence electrons. The Morgan fingerprint density at radius 1 is 1.04 bits per heavy atom. The van der Waals surface area contributed by atoms with Crippen LogP contribution in [-0.4, -0.2) is 25.0 Å². The van der Waals surface area contributed by atoms with Gasteiger partial charge in [-0.1, -0.05) is 51.8 Å². The molecule has 1 aliphatic heterocycles. The Hall–Kier alpha value is -1.36. The number of carbonyl (C=O) groups is 1. The summed E-state index contributed by atoms with van der Waals surface area (Å²) in [6.07, 6.45) is 2.52. The maximum atomic E-state index is 12.2. The van der Waals surface area contributed by atoms with Crippen LogP contribution >= 0.6 is 27.5 Å². The molecule has 2 aromatic carbocycles. The van der Waals surface area contributed by atoms with Crippen LogP contribution in [0.3, 0.4) is 0 Å². The Balaban J connectivity index is 1.42. The van der Waals surface area contributed by atoms with E-state index in [9.17, 15) is 4.79 Å². The molecule has 0 radical (unpaired) electrons. The van der Waals surface area contributed by atoms with E-state index < -0.39 is 0 Å². The number of carbonyl (C=O) groups excluding carboxylic acids is 1. The van der Waals surface area contributed by atoms with Gasteiger partial charge in [0.15, 0.2) is 0 Å². The third kappa shape index (κ3) is 5.84. The predicted octanol–water partition coefficient (Wildman–Crippen LogP) is 3.01. The van der Waals surface area contributed by atoms with Gasteiger partial charge in [0, 0.05) is 33.9 Å².